The van der Waals surface area contributed by atoms with Crippen LogP contribution in [-0.2, 0) is 29.1 Å². The predicted molar refractivity (Wildman–Crippen MR) is 146 cm³/mol. The van der Waals surface area contributed by atoms with Crippen molar-refractivity contribution >= 4 is 18.0 Å². The van der Waals surface area contributed by atoms with Gasteiger partial charge in [-0.25, -0.2) is 4.98 Å². The smallest absolute Gasteiger partial charge is 0.547 e. The molecular formula is C30H52N2O5Zn. The van der Waals surface area contributed by atoms with Crippen LogP contribution in [0.25, 0.3) is 6.08 Å². The molecule has 0 bridgehead atoms. The number of unbranched alkanes of at least 4 members (excludes halogenated alkanes) is 19. The van der Waals surface area contributed by atoms with Crippen LogP contribution >= 0.6 is 0 Å². The van der Waals surface area contributed by atoms with E-state index >= 15 is 0 Å². The maximum absolute atomic E-state index is 10.4. The molecule has 1 rings (SSSR count). The third-order valence-electron chi connectivity index (χ3n) is 6.52. The first kappa shape index (κ1) is 38.6. The van der Waals surface area contributed by atoms with Crippen LogP contribution in [0.3, 0.4) is 0 Å². The normalized spacial score (nSPS) is 11.5. The summed E-state index contributed by atoms with van der Waals surface area (Å²) in [6, 6.07) is 0. The first-order chi connectivity index (χ1) is 18.0. The summed E-state index contributed by atoms with van der Waals surface area (Å²) < 4.78 is 0. The van der Waals surface area contributed by atoms with E-state index in [9.17, 15) is 19.8 Å². The molecule has 2 N–H and O–H groups in total. The van der Waals surface area contributed by atoms with Gasteiger partial charge in [-0.15, -0.1) is 0 Å². The summed E-state index contributed by atoms with van der Waals surface area (Å²) in [6.07, 6.45) is 31.0. The van der Waals surface area contributed by atoms with Gasteiger partial charge in [0.25, 0.3) is 0 Å². The Bertz CT molecular complexity index is 668. The minimum Gasteiger partial charge on any atom is -0.547 e. The van der Waals surface area contributed by atoms with Gasteiger partial charge in [0.05, 0.1) is 36.3 Å². The quantitative estimate of drug-likeness (QED) is 0.0939. The van der Waals surface area contributed by atoms with Crippen molar-refractivity contribution < 1.29 is 44.4 Å². The van der Waals surface area contributed by atoms with E-state index in [4.69, 9.17) is 5.11 Å². The molecule has 38 heavy (non-hydrogen) atoms. The number of carboxylic acid groups (broad SMARTS) is 2. The number of carbonyl (C=O) groups excluding carboxylic acids is 2. The fraction of sp³-hybridized carbons (Fsp3) is 0.767. The molecule has 0 aliphatic carbocycles. The summed E-state index contributed by atoms with van der Waals surface area (Å²) >= 11 is 0. The molecule has 214 valence electrons. The van der Waals surface area contributed by atoms with Gasteiger partial charge in [-0.3, -0.25) is 0 Å². The number of H-pyrrole nitrogens is 1. The molecule has 0 radical (unpaired) electrons. The Labute approximate surface area is 244 Å². The third-order valence-corrected chi connectivity index (χ3v) is 6.52. The minimum absolute atomic E-state index is 0. The molecule has 1 heterocycles. The summed E-state index contributed by atoms with van der Waals surface area (Å²) in [4.78, 5) is 26.6. The molecule has 0 amide bonds. The van der Waals surface area contributed by atoms with Crippen molar-refractivity contribution in [1.29, 1.82) is 0 Å². The largest absolute Gasteiger partial charge is 2.00 e. The third kappa shape index (κ3) is 29.0. The van der Waals surface area contributed by atoms with E-state index in [1.807, 2.05) is 0 Å². The number of aromatic nitrogens is 2. The topological polar surface area (TPSA) is 129 Å². The monoisotopic (exact) mass is 584 g/mol. The number of aromatic amines is 1. The summed E-state index contributed by atoms with van der Waals surface area (Å²) in [6.45, 7) is 2.28. The minimum atomic E-state index is -1.34. The van der Waals surface area contributed by atoms with Gasteiger partial charge in [0.1, 0.15) is 0 Å². The maximum atomic E-state index is 10.4. The van der Waals surface area contributed by atoms with E-state index in [1.165, 1.54) is 128 Å². The van der Waals surface area contributed by atoms with Crippen molar-refractivity contribution in [2.75, 3.05) is 0 Å². The van der Waals surface area contributed by atoms with Crippen molar-refractivity contribution in [2.24, 2.45) is 0 Å². The van der Waals surface area contributed by atoms with E-state index in [2.05, 4.69) is 16.9 Å². The molecule has 0 aromatic carbocycles. The Kier molecular flexibility index (Phi) is 30.5. The number of aliphatic hydroxyl groups excluding tert-OH is 1. The molecule has 0 aliphatic rings. The van der Waals surface area contributed by atoms with E-state index in [0.29, 0.717) is 12.1 Å². The number of aliphatic carboxylic acids is 2. The summed E-state index contributed by atoms with van der Waals surface area (Å²) in [5.74, 6) is -2.55. The Morgan fingerprint density at radius 2 is 1.18 bits per heavy atom. The van der Waals surface area contributed by atoms with Gasteiger partial charge < -0.3 is 29.9 Å². The van der Waals surface area contributed by atoms with Crippen molar-refractivity contribution in [2.45, 2.75) is 148 Å². The number of nitrogens with one attached hydrogen (secondary N) is 1. The maximum Gasteiger partial charge on any atom is 2.00 e. The average molecular weight is 586 g/mol. The van der Waals surface area contributed by atoms with Gasteiger partial charge in [-0.2, -0.15) is 0 Å². The molecule has 1 aromatic heterocycles. The van der Waals surface area contributed by atoms with Crippen molar-refractivity contribution in [3.05, 3.63) is 24.3 Å². The SMILES string of the molecule is CCCCCCCCCCCCCCCCCCCCCCC(O)C(=O)[O-].O=C([O-])C=Cc1cnc[nH]1.[Zn+2]. The Balaban J connectivity index is 0. The van der Waals surface area contributed by atoms with Gasteiger partial charge in [0, 0.05) is 0 Å². The number of rotatable bonds is 24. The van der Waals surface area contributed by atoms with E-state index in [1.54, 1.807) is 0 Å². The van der Waals surface area contributed by atoms with Gasteiger partial charge in [0.2, 0.25) is 0 Å². The van der Waals surface area contributed by atoms with E-state index in [-0.39, 0.29) is 19.5 Å². The molecule has 0 spiro atoms. The number of carbonyl (C=O) groups is 2. The molecular weight excluding hydrogens is 534 g/mol. The van der Waals surface area contributed by atoms with Crippen LogP contribution in [0.5, 0.6) is 0 Å². The van der Waals surface area contributed by atoms with Crippen molar-refractivity contribution in [3.8, 4) is 0 Å². The number of hydrogen-bond donors (Lipinski definition) is 2. The fourth-order valence-electron chi connectivity index (χ4n) is 4.23. The first-order valence-electron chi connectivity index (χ1n) is 14.7. The molecule has 1 atom stereocenters. The van der Waals surface area contributed by atoms with Crippen LogP contribution in [0.2, 0.25) is 0 Å². The van der Waals surface area contributed by atoms with Crippen LogP contribution < -0.4 is 10.2 Å². The molecule has 0 aliphatic heterocycles. The molecule has 0 fully saturated rings. The second-order valence-corrected chi connectivity index (χ2v) is 10.0. The van der Waals surface area contributed by atoms with Crippen LogP contribution in [0.4, 0.5) is 0 Å². The standard InChI is InChI=1S/C24H48O3.C6H6N2O2.Zn/c1-2-3-4-5-6-7-8-9-10-11-12-13-14-15-16-17-18-19-20-21-22-23(25)24(26)27;9-6(10)2-1-5-3-7-4-8-5;/h23,25H,2-22H2,1H3,(H,26,27);1-4H,(H,7,8)(H,9,10);/q;;+2/p-2. The van der Waals surface area contributed by atoms with Gasteiger partial charge in [0.15, 0.2) is 0 Å². The fourth-order valence-corrected chi connectivity index (χ4v) is 4.23. The van der Waals surface area contributed by atoms with Gasteiger partial charge >= 0.3 is 19.5 Å². The first-order valence-corrected chi connectivity index (χ1v) is 14.7. The zero-order valence-corrected chi connectivity index (χ0v) is 26.9. The molecule has 8 heteroatoms. The molecule has 0 saturated carbocycles. The number of carboxylic acids is 2. The molecule has 7 nitrogen and oxygen atoms in total. The second-order valence-electron chi connectivity index (χ2n) is 10.0. The van der Waals surface area contributed by atoms with Crippen LogP contribution in [-0.4, -0.2) is 33.1 Å². The number of imidazole rings is 1. The zero-order chi connectivity index (χ0) is 27.4. The second kappa shape index (κ2) is 30.0. The summed E-state index contributed by atoms with van der Waals surface area (Å²) in [5.41, 5.74) is 0.643. The Morgan fingerprint density at radius 1 is 0.789 bits per heavy atom. The number of nitrogens with zero attached hydrogens (tertiary/aromatic N) is 1. The number of aliphatic hydroxyl groups is 1. The van der Waals surface area contributed by atoms with Crippen LogP contribution in [0.1, 0.15) is 147 Å². The summed E-state index contributed by atoms with van der Waals surface area (Å²) in [7, 11) is 0. The van der Waals surface area contributed by atoms with Crippen molar-refractivity contribution in [3.63, 3.8) is 0 Å². The molecule has 0 saturated heterocycles. The van der Waals surface area contributed by atoms with E-state index in [0.717, 1.165) is 25.3 Å². The van der Waals surface area contributed by atoms with E-state index < -0.39 is 18.0 Å². The van der Waals surface area contributed by atoms with Gasteiger partial charge in [-0.05, 0) is 18.6 Å². The van der Waals surface area contributed by atoms with Crippen molar-refractivity contribution in [1.82, 2.24) is 9.97 Å². The van der Waals surface area contributed by atoms with Crippen LogP contribution in [0, 0.1) is 0 Å². The Morgan fingerprint density at radius 3 is 1.50 bits per heavy atom. The zero-order valence-electron chi connectivity index (χ0n) is 24.0. The van der Waals surface area contributed by atoms with Crippen LogP contribution in [0.15, 0.2) is 18.6 Å². The number of hydrogen-bond acceptors (Lipinski definition) is 6. The van der Waals surface area contributed by atoms with Gasteiger partial charge in [-0.1, -0.05) is 135 Å². The molecule has 1 unspecified atom stereocenters. The molecule has 1 aromatic rings. The average Bonchev–Trinajstić information content (AvgIpc) is 3.40. The Hall–Kier alpha value is -1.53. The predicted octanol–water partition coefficient (Wildman–Crippen LogP) is 5.48. The summed E-state index contributed by atoms with van der Waals surface area (Å²) in [5, 5.41) is 29.3.